The Labute approximate surface area is 143 Å². The Balaban J connectivity index is 2.09. The molecule has 2 rings (SSSR count). The quantitative estimate of drug-likeness (QED) is 0.712. The molecule has 24 heavy (non-hydrogen) atoms. The predicted molar refractivity (Wildman–Crippen MR) is 97.5 cm³/mol. The van der Waals surface area contributed by atoms with E-state index in [4.69, 9.17) is 10.5 Å². The van der Waals surface area contributed by atoms with Crippen LogP contribution in [0.25, 0.3) is 0 Å². The Kier molecular flexibility index (Phi) is 6.56. The number of hydrogen-bond acceptors (Lipinski definition) is 4. The van der Waals surface area contributed by atoms with Crippen molar-refractivity contribution in [1.29, 1.82) is 10.5 Å². The lowest BCUT2D eigenvalue weighted by Gasteiger charge is -2.22. The van der Waals surface area contributed by atoms with Crippen LogP contribution in [0.1, 0.15) is 24.0 Å². The minimum atomic E-state index is 0.446. The summed E-state index contributed by atoms with van der Waals surface area (Å²) in [5.74, 6) is 0. The highest BCUT2D eigenvalue weighted by atomic mass is 15.1. The monoisotopic (exact) mass is 316 g/mol. The van der Waals surface area contributed by atoms with Crippen LogP contribution in [0, 0.1) is 29.6 Å². The number of hydrogen-bond donors (Lipinski definition) is 0. The topological polar surface area (TPSA) is 63.2 Å². The van der Waals surface area contributed by atoms with Gasteiger partial charge in [-0.15, -0.1) is 0 Å². The van der Waals surface area contributed by atoms with Crippen molar-refractivity contribution in [3.05, 3.63) is 59.7 Å². The molecule has 0 N–H and O–H groups in total. The molecule has 0 aliphatic carbocycles. The van der Waals surface area contributed by atoms with E-state index in [-0.39, 0.29) is 0 Å². The average Bonchev–Trinajstić information content (AvgIpc) is 2.62. The van der Waals surface area contributed by atoms with Crippen LogP contribution in [0.5, 0.6) is 0 Å². The maximum atomic E-state index is 8.77. The van der Waals surface area contributed by atoms with E-state index in [0.717, 1.165) is 22.5 Å². The summed E-state index contributed by atoms with van der Waals surface area (Å²) >= 11 is 0. The van der Waals surface area contributed by atoms with Gasteiger partial charge in [0.25, 0.3) is 0 Å². The van der Waals surface area contributed by atoms with E-state index in [9.17, 15) is 0 Å². The van der Waals surface area contributed by atoms with Gasteiger partial charge in [-0.05, 0) is 36.2 Å². The van der Waals surface area contributed by atoms with Crippen molar-refractivity contribution in [2.45, 2.75) is 19.8 Å². The molecule has 0 aromatic heterocycles. The zero-order valence-electron chi connectivity index (χ0n) is 13.8. The van der Waals surface area contributed by atoms with Gasteiger partial charge in [0.15, 0.2) is 0 Å². The first kappa shape index (κ1) is 17.2. The van der Waals surface area contributed by atoms with Gasteiger partial charge in [-0.25, -0.2) is 0 Å². The molecule has 0 radical (unpaired) electrons. The smallest absolute Gasteiger partial charge is 0.0659 e. The fourth-order valence-electron chi connectivity index (χ4n) is 2.36. The summed E-state index contributed by atoms with van der Waals surface area (Å²) in [6.07, 6.45) is 2.74. The van der Waals surface area contributed by atoms with Gasteiger partial charge in [-0.3, -0.25) is 4.99 Å². The third kappa shape index (κ3) is 4.97. The first-order chi connectivity index (χ1) is 11.7. The van der Waals surface area contributed by atoms with Crippen molar-refractivity contribution >= 4 is 17.6 Å². The van der Waals surface area contributed by atoms with Gasteiger partial charge in [0, 0.05) is 25.0 Å². The summed E-state index contributed by atoms with van der Waals surface area (Å²) in [5.41, 5.74) is 4.15. The van der Waals surface area contributed by atoms with Crippen molar-refractivity contribution in [3.63, 3.8) is 0 Å². The largest absolute Gasteiger partial charge is 0.369 e. The van der Waals surface area contributed by atoms with E-state index in [1.807, 2.05) is 61.7 Å². The van der Waals surface area contributed by atoms with Crippen molar-refractivity contribution in [2.24, 2.45) is 4.99 Å². The first-order valence-corrected chi connectivity index (χ1v) is 7.93. The summed E-state index contributed by atoms with van der Waals surface area (Å²) in [4.78, 5) is 6.59. The molecule has 4 nitrogen and oxygen atoms in total. The highest BCUT2D eigenvalue weighted by Gasteiger charge is 2.05. The van der Waals surface area contributed by atoms with Crippen LogP contribution in [-0.2, 0) is 0 Å². The highest BCUT2D eigenvalue weighted by molar-refractivity contribution is 5.82. The van der Waals surface area contributed by atoms with E-state index in [0.29, 0.717) is 25.9 Å². The fraction of sp³-hybridized carbons (Fsp3) is 0.250. The number of nitrogens with zero attached hydrogens (tertiary/aromatic N) is 4. The van der Waals surface area contributed by atoms with Crippen molar-refractivity contribution in [2.75, 3.05) is 18.0 Å². The lowest BCUT2D eigenvalue weighted by atomic mass is 10.2. The number of rotatable bonds is 7. The highest BCUT2D eigenvalue weighted by Crippen LogP contribution is 2.18. The summed E-state index contributed by atoms with van der Waals surface area (Å²) in [6.45, 7) is 3.31. The zero-order chi connectivity index (χ0) is 17.2. The Morgan fingerprint density at radius 1 is 0.958 bits per heavy atom. The Bertz CT molecular complexity index is 745. The summed E-state index contributed by atoms with van der Waals surface area (Å²) in [5, 5.41) is 17.5. The van der Waals surface area contributed by atoms with E-state index in [1.165, 1.54) is 0 Å². The van der Waals surface area contributed by atoms with Crippen LogP contribution in [0.4, 0.5) is 11.4 Å². The standard InChI is InChI=1S/C20H20N4/c1-17-6-2-3-7-20(17)23-16-18-8-10-19(11-9-18)24(14-4-12-21)15-5-13-22/h2-3,6-11,16H,4-5,14-15H2,1H3. The molecule has 0 fully saturated rings. The molecule has 2 aromatic rings. The van der Waals surface area contributed by atoms with Gasteiger partial charge in [0.1, 0.15) is 0 Å². The maximum absolute atomic E-state index is 8.77. The number of nitriles is 2. The Morgan fingerprint density at radius 3 is 2.17 bits per heavy atom. The van der Waals surface area contributed by atoms with Crippen LogP contribution in [0.3, 0.4) is 0 Å². The molecule has 0 heterocycles. The Hall–Kier alpha value is -3.11. The number of benzene rings is 2. The van der Waals surface area contributed by atoms with Crippen molar-refractivity contribution < 1.29 is 0 Å². The van der Waals surface area contributed by atoms with Gasteiger partial charge in [-0.1, -0.05) is 30.3 Å². The molecule has 120 valence electrons. The second kappa shape index (κ2) is 9.12. The van der Waals surface area contributed by atoms with Gasteiger partial charge in [0.2, 0.25) is 0 Å². The lowest BCUT2D eigenvalue weighted by molar-refractivity contribution is 0.796. The second-order valence-electron chi connectivity index (χ2n) is 5.44. The molecule has 0 unspecified atom stereocenters. The molecule has 0 aliphatic rings. The third-order valence-corrected chi connectivity index (χ3v) is 3.71. The Morgan fingerprint density at radius 2 is 1.58 bits per heavy atom. The van der Waals surface area contributed by atoms with E-state index in [1.54, 1.807) is 0 Å². The molecule has 0 amide bonds. The number of aliphatic imine (C=N–C) groups is 1. The molecule has 0 saturated heterocycles. The SMILES string of the molecule is Cc1ccccc1N=Cc1ccc(N(CCC#N)CCC#N)cc1. The van der Waals surface area contributed by atoms with Crippen LogP contribution in [0.15, 0.2) is 53.5 Å². The molecule has 2 aromatic carbocycles. The minimum absolute atomic E-state index is 0.446. The fourth-order valence-corrected chi connectivity index (χ4v) is 2.36. The molecule has 0 aliphatic heterocycles. The van der Waals surface area contributed by atoms with Crippen molar-refractivity contribution in [3.8, 4) is 12.1 Å². The lowest BCUT2D eigenvalue weighted by Crippen LogP contribution is -2.25. The maximum Gasteiger partial charge on any atom is 0.0659 e. The minimum Gasteiger partial charge on any atom is -0.369 e. The van der Waals surface area contributed by atoms with Crippen LogP contribution < -0.4 is 4.90 Å². The van der Waals surface area contributed by atoms with E-state index < -0.39 is 0 Å². The summed E-state index contributed by atoms with van der Waals surface area (Å²) in [6, 6.07) is 20.3. The molecular weight excluding hydrogens is 296 g/mol. The molecular formula is C20H20N4. The van der Waals surface area contributed by atoms with Gasteiger partial charge >= 0.3 is 0 Å². The number of para-hydroxylation sites is 1. The first-order valence-electron chi connectivity index (χ1n) is 7.93. The average molecular weight is 316 g/mol. The third-order valence-electron chi connectivity index (χ3n) is 3.71. The van der Waals surface area contributed by atoms with Crippen LogP contribution in [0.2, 0.25) is 0 Å². The molecule has 0 spiro atoms. The molecule has 4 heteroatoms. The van der Waals surface area contributed by atoms with Crippen LogP contribution in [-0.4, -0.2) is 19.3 Å². The van der Waals surface area contributed by atoms with Gasteiger partial charge < -0.3 is 4.90 Å². The van der Waals surface area contributed by atoms with Gasteiger partial charge in [-0.2, -0.15) is 10.5 Å². The second-order valence-corrected chi connectivity index (χ2v) is 5.44. The molecule has 0 bridgehead atoms. The number of anilines is 1. The van der Waals surface area contributed by atoms with Gasteiger partial charge in [0.05, 0.1) is 30.7 Å². The zero-order valence-corrected chi connectivity index (χ0v) is 13.8. The summed E-state index contributed by atoms with van der Waals surface area (Å²) < 4.78 is 0. The summed E-state index contributed by atoms with van der Waals surface area (Å²) in [7, 11) is 0. The normalized spacial score (nSPS) is 10.3. The molecule has 0 atom stereocenters. The van der Waals surface area contributed by atoms with Crippen LogP contribution >= 0.6 is 0 Å². The van der Waals surface area contributed by atoms with Crippen molar-refractivity contribution in [1.82, 2.24) is 0 Å². The number of aryl methyl sites for hydroxylation is 1. The molecule has 0 saturated carbocycles. The predicted octanol–water partition coefficient (Wildman–Crippen LogP) is 4.38. The van der Waals surface area contributed by atoms with E-state index in [2.05, 4.69) is 22.0 Å². The van der Waals surface area contributed by atoms with E-state index >= 15 is 0 Å².